The summed E-state index contributed by atoms with van der Waals surface area (Å²) in [6.07, 6.45) is 9.38. The summed E-state index contributed by atoms with van der Waals surface area (Å²) in [6.45, 7) is 5.63. The summed E-state index contributed by atoms with van der Waals surface area (Å²) in [6, 6.07) is 16.1. The normalized spacial score (nSPS) is 21.2. The van der Waals surface area contributed by atoms with Crippen molar-refractivity contribution in [3.63, 3.8) is 0 Å². The molecule has 3 atom stereocenters. The molecule has 0 spiro atoms. The van der Waals surface area contributed by atoms with Crippen LogP contribution in [0, 0.1) is 0 Å². The molecular formula is C33H44N2O6. The molecule has 8 nitrogen and oxygen atoms in total. The lowest BCUT2D eigenvalue weighted by Crippen LogP contribution is -2.43. The van der Waals surface area contributed by atoms with Crippen LogP contribution in [0.4, 0.5) is 5.69 Å². The Balaban J connectivity index is 1.41. The Kier molecular flexibility index (Phi) is 11.9. The van der Waals surface area contributed by atoms with E-state index in [0.29, 0.717) is 37.4 Å². The van der Waals surface area contributed by atoms with E-state index in [4.69, 9.17) is 14.6 Å². The molecular weight excluding hydrogens is 520 g/mol. The summed E-state index contributed by atoms with van der Waals surface area (Å²) < 4.78 is 13.0. The molecule has 1 amide bonds. The Bertz CT molecular complexity index is 1110. The highest BCUT2D eigenvalue weighted by atomic mass is 16.7. The van der Waals surface area contributed by atoms with Gasteiger partial charge in [0, 0.05) is 49.6 Å². The van der Waals surface area contributed by atoms with Gasteiger partial charge in [0.05, 0.1) is 18.8 Å². The van der Waals surface area contributed by atoms with E-state index in [-0.39, 0.29) is 31.1 Å². The summed E-state index contributed by atoms with van der Waals surface area (Å²) >= 11 is 0. The van der Waals surface area contributed by atoms with Gasteiger partial charge in [0.25, 0.3) is 0 Å². The first-order chi connectivity index (χ1) is 19.9. The number of carboxylic acids is 1. The average Bonchev–Trinajstić information content (AvgIpc) is 3.52. The van der Waals surface area contributed by atoms with E-state index in [2.05, 4.69) is 16.8 Å². The zero-order valence-corrected chi connectivity index (χ0v) is 23.9. The summed E-state index contributed by atoms with van der Waals surface area (Å²) in [5.41, 5.74) is 3.51. The molecule has 8 heteroatoms. The van der Waals surface area contributed by atoms with Crippen molar-refractivity contribution >= 4 is 17.6 Å². The average molecular weight is 565 g/mol. The minimum atomic E-state index is -0.805. The van der Waals surface area contributed by atoms with Crippen molar-refractivity contribution in [1.29, 1.82) is 0 Å². The van der Waals surface area contributed by atoms with Crippen molar-refractivity contribution in [2.24, 2.45) is 0 Å². The second kappa shape index (κ2) is 15.8. The first-order valence-corrected chi connectivity index (χ1v) is 14.9. The first-order valence-electron chi connectivity index (χ1n) is 14.9. The van der Waals surface area contributed by atoms with Crippen LogP contribution in [0.3, 0.4) is 0 Å². The Hall–Kier alpha value is -3.04. The van der Waals surface area contributed by atoms with Gasteiger partial charge in [-0.3, -0.25) is 14.5 Å². The molecule has 1 heterocycles. The number of carbonyl (C=O) groups is 2. The molecule has 2 aromatic carbocycles. The highest BCUT2D eigenvalue weighted by molar-refractivity contribution is 5.90. The van der Waals surface area contributed by atoms with Gasteiger partial charge >= 0.3 is 5.97 Å². The van der Waals surface area contributed by atoms with Crippen molar-refractivity contribution in [2.45, 2.75) is 95.4 Å². The molecule has 0 radical (unpaired) electrons. The van der Waals surface area contributed by atoms with Gasteiger partial charge in [0.15, 0.2) is 6.29 Å². The molecule has 2 aromatic rings. The zero-order chi connectivity index (χ0) is 29.0. The molecule has 4 rings (SSSR count). The summed E-state index contributed by atoms with van der Waals surface area (Å²) in [5, 5.41) is 21.1. The minimum absolute atomic E-state index is 0.00563. The molecule has 2 aliphatic rings. The molecule has 1 saturated carbocycles. The molecule has 222 valence electrons. The fourth-order valence-corrected chi connectivity index (χ4v) is 5.79. The molecule has 1 saturated heterocycles. The van der Waals surface area contributed by atoms with Crippen LogP contribution in [-0.2, 0) is 25.7 Å². The highest BCUT2D eigenvalue weighted by Crippen LogP contribution is 2.39. The van der Waals surface area contributed by atoms with Gasteiger partial charge in [-0.15, -0.1) is 6.58 Å². The van der Waals surface area contributed by atoms with Crippen molar-refractivity contribution in [3.05, 3.63) is 77.9 Å². The summed E-state index contributed by atoms with van der Waals surface area (Å²) in [4.78, 5) is 25.5. The zero-order valence-electron chi connectivity index (χ0n) is 23.9. The largest absolute Gasteiger partial charge is 0.481 e. The number of ether oxygens (including phenoxy) is 2. The van der Waals surface area contributed by atoms with Gasteiger partial charge in [0.2, 0.25) is 5.91 Å². The Morgan fingerprint density at radius 3 is 2.29 bits per heavy atom. The molecule has 41 heavy (non-hydrogen) atoms. The molecule has 0 aromatic heterocycles. The number of nitrogens with zero attached hydrogens (tertiary/aromatic N) is 1. The fraction of sp³-hybridized carbons (Fsp3) is 0.515. The maximum absolute atomic E-state index is 12.3. The fourth-order valence-electron chi connectivity index (χ4n) is 5.79. The van der Waals surface area contributed by atoms with Crippen LogP contribution in [0.25, 0.3) is 0 Å². The molecule has 2 fully saturated rings. The number of benzene rings is 2. The predicted molar refractivity (Wildman–Crippen MR) is 158 cm³/mol. The number of hydrogen-bond acceptors (Lipinski definition) is 6. The van der Waals surface area contributed by atoms with Gasteiger partial charge in [-0.2, -0.15) is 0 Å². The lowest BCUT2D eigenvalue weighted by atomic mass is 9.99. The van der Waals surface area contributed by atoms with Crippen LogP contribution >= 0.6 is 0 Å². The van der Waals surface area contributed by atoms with Crippen LogP contribution in [0.1, 0.15) is 93.3 Å². The number of aliphatic hydroxyl groups excluding tert-OH is 1. The lowest BCUT2D eigenvalue weighted by Gasteiger charge is -2.39. The first kappa shape index (κ1) is 30.9. The number of aliphatic hydroxyl groups is 1. The van der Waals surface area contributed by atoms with Crippen LogP contribution in [0.2, 0.25) is 0 Å². The van der Waals surface area contributed by atoms with E-state index < -0.39 is 12.3 Å². The van der Waals surface area contributed by atoms with Crippen LogP contribution in [-0.4, -0.2) is 52.2 Å². The van der Waals surface area contributed by atoms with Crippen molar-refractivity contribution in [1.82, 2.24) is 4.90 Å². The van der Waals surface area contributed by atoms with Gasteiger partial charge in [-0.05, 0) is 48.9 Å². The van der Waals surface area contributed by atoms with E-state index in [1.54, 1.807) is 0 Å². The van der Waals surface area contributed by atoms with E-state index in [1.807, 2.05) is 54.6 Å². The lowest BCUT2D eigenvalue weighted by molar-refractivity contribution is -0.253. The highest BCUT2D eigenvalue weighted by Gasteiger charge is 2.34. The smallest absolute Gasteiger partial charge is 0.303 e. The molecule has 0 bridgehead atoms. The number of carbonyl (C=O) groups excluding carboxylic acids is 1. The molecule has 1 aliphatic heterocycles. The number of hydrogen-bond donors (Lipinski definition) is 3. The van der Waals surface area contributed by atoms with Crippen LogP contribution in [0.15, 0.2) is 61.2 Å². The SMILES string of the molecule is C=CCN(CC1CC(c2ccc(CO)cc2)OC(c2ccc(NC(=O)CCCCCC(=O)O)cc2)O1)C1CCCC1. The maximum Gasteiger partial charge on any atom is 0.303 e. The molecule has 3 unspecified atom stereocenters. The van der Waals surface area contributed by atoms with Crippen LogP contribution < -0.4 is 5.32 Å². The maximum atomic E-state index is 12.3. The Morgan fingerprint density at radius 2 is 1.63 bits per heavy atom. The topological polar surface area (TPSA) is 108 Å². The third-order valence-electron chi connectivity index (χ3n) is 8.02. The van der Waals surface area contributed by atoms with Crippen molar-refractivity contribution in [2.75, 3.05) is 18.4 Å². The Labute approximate surface area is 243 Å². The molecule has 3 N–H and O–H groups in total. The van der Waals surface area contributed by atoms with Gasteiger partial charge in [0.1, 0.15) is 0 Å². The molecule has 1 aliphatic carbocycles. The Morgan fingerprint density at radius 1 is 0.951 bits per heavy atom. The van der Waals surface area contributed by atoms with Crippen molar-refractivity contribution in [3.8, 4) is 0 Å². The summed E-state index contributed by atoms with van der Waals surface area (Å²) in [7, 11) is 0. The number of carboxylic acid groups (broad SMARTS) is 1. The number of nitrogens with one attached hydrogen (secondary N) is 1. The standard InChI is InChI=1S/C33H44N2O6/c1-2-20-35(28-8-6-7-9-28)22-29-21-30(25-14-12-24(23-36)13-15-25)41-33(40-29)26-16-18-27(19-17-26)34-31(37)10-4-3-5-11-32(38)39/h2,12-19,28-30,33,36H,1,3-11,20-23H2,(H,34,37)(H,38,39). The van der Waals surface area contributed by atoms with Crippen molar-refractivity contribution < 1.29 is 29.3 Å². The second-order valence-electron chi connectivity index (χ2n) is 11.2. The number of rotatable bonds is 15. The number of amides is 1. The quantitative estimate of drug-likeness (QED) is 0.176. The minimum Gasteiger partial charge on any atom is -0.481 e. The second-order valence-corrected chi connectivity index (χ2v) is 11.2. The van der Waals surface area contributed by atoms with Gasteiger partial charge in [-0.1, -0.05) is 61.7 Å². The van der Waals surface area contributed by atoms with Gasteiger partial charge in [-0.25, -0.2) is 0 Å². The van der Waals surface area contributed by atoms with E-state index >= 15 is 0 Å². The third-order valence-corrected chi connectivity index (χ3v) is 8.02. The number of anilines is 1. The number of unbranched alkanes of at least 4 members (excludes halogenated alkanes) is 2. The van der Waals surface area contributed by atoms with Gasteiger partial charge < -0.3 is 25.0 Å². The van der Waals surface area contributed by atoms with E-state index in [0.717, 1.165) is 36.2 Å². The summed E-state index contributed by atoms with van der Waals surface area (Å²) in [5.74, 6) is -0.889. The monoisotopic (exact) mass is 564 g/mol. The number of aliphatic carboxylic acids is 1. The van der Waals surface area contributed by atoms with E-state index in [9.17, 15) is 14.7 Å². The third kappa shape index (κ3) is 9.50. The van der Waals surface area contributed by atoms with Crippen LogP contribution in [0.5, 0.6) is 0 Å². The van der Waals surface area contributed by atoms with E-state index in [1.165, 1.54) is 25.7 Å². The predicted octanol–water partition coefficient (Wildman–Crippen LogP) is 6.13.